The molecule has 1 amide bonds. The van der Waals surface area contributed by atoms with Gasteiger partial charge in [-0.2, -0.15) is 0 Å². The van der Waals surface area contributed by atoms with Crippen molar-refractivity contribution < 1.29 is 18.4 Å². The van der Waals surface area contributed by atoms with Gasteiger partial charge in [-0.3, -0.25) is 9.59 Å². The summed E-state index contributed by atoms with van der Waals surface area (Å²) in [6.07, 6.45) is 0. The molecule has 0 atom stereocenters. The number of halogens is 1. The van der Waals surface area contributed by atoms with Crippen LogP contribution in [0.15, 0.2) is 71.1 Å². The largest absolute Gasteiger partial charge is 0.453 e. The van der Waals surface area contributed by atoms with Gasteiger partial charge in [-0.15, -0.1) is 0 Å². The Hall–Kier alpha value is -4.26. The molecule has 6 nitrogen and oxygen atoms in total. The highest BCUT2D eigenvalue weighted by Gasteiger charge is 2.22. The number of aromatic nitrogens is 2. The van der Waals surface area contributed by atoms with Gasteiger partial charge in [0.15, 0.2) is 5.76 Å². The van der Waals surface area contributed by atoms with E-state index in [1.165, 1.54) is 24.3 Å². The highest BCUT2D eigenvalue weighted by Crippen LogP contribution is 2.31. The first-order valence-electron chi connectivity index (χ1n) is 10.2. The number of carbonyl (C=O) groups is 2. The second-order valence-electron chi connectivity index (χ2n) is 7.72. The van der Waals surface area contributed by atoms with Gasteiger partial charge in [0.1, 0.15) is 17.2 Å². The lowest BCUT2D eigenvalue weighted by Crippen LogP contribution is -2.24. The zero-order valence-corrected chi connectivity index (χ0v) is 16.8. The summed E-state index contributed by atoms with van der Waals surface area (Å²) in [7, 11) is 0. The van der Waals surface area contributed by atoms with Crippen LogP contribution in [0, 0.1) is 5.82 Å². The molecule has 1 aliphatic heterocycles. The van der Waals surface area contributed by atoms with Gasteiger partial charge in [-0.1, -0.05) is 6.07 Å². The number of fused-ring (bicyclic) bond motifs is 1. The molecule has 1 N–H and O–H groups in total. The van der Waals surface area contributed by atoms with Crippen molar-refractivity contribution in [2.24, 2.45) is 0 Å². The van der Waals surface area contributed by atoms with Crippen molar-refractivity contribution in [1.82, 2.24) is 14.9 Å². The lowest BCUT2D eigenvalue weighted by Gasteiger charge is -2.07. The fourth-order valence-corrected chi connectivity index (χ4v) is 4.22. The van der Waals surface area contributed by atoms with Gasteiger partial charge < -0.3 is 14.3 Å². The molecule has 0 spiro atoms. The maximum absolute atomic E-state index is 13.2. The fourth-order valence-electron chi connectivity index (χ4n) is 4.22. The standard InChI is InChI=1S/C25H16FN3O3/c26-17-7-4-14(5-8-17)23(30)21-13-16-12-15(6-9-20(16)32-21)24-28-19-3-1-2-18-22(19)29(24)11-10-27-25(18)31/h1-9,12-13H,10-11H2,(H,27,31). The number of hydrogen-bond donors (Lipinski definition) is 1. The topological polar surface area (TPSA) is 77.1 Å². The predicted octanol–water partition coefficient (Wildman–Crippen LogP) is 4.56. The van der Waals surface area contributed by atoms with Crippen LogP contribution < -0.4 is 5.32 Å². The van der Waals surface area contributed by atoms with Crippen LogP contribution in [0.2, 0.25) is 0 Å². The number of amides is 1. The predicted molar refractivity (Wildman–Crippen MR) is 117 cm³/mol. The normalized spacial score (nSPS) is 13.3. The number of benzene rings is 3. The molecule has 0 bridgehead atoms. The second kappa shape index (κ2) is 6.88. The molecule has 0 unspecified atom stereocenters. The van der Waals surface area contributed by atoms with Gasteiger partial charge in [0.05, 0.1) is 16.6 Å². The smallest absolute Gasteiger partial charge is 0.253 e. The van der Waals surface area contributed by atoms with Crippen LogP contribution in [-0.4, -0.2) is 27.8 Å². The summed E-state index contributed by atoms with van der Waals surface area (Å²) >= 11 is 0. The van der Waals surface area contributed by atoms with Gasteiger partial charge in [-0.05, 0) is 60.7 Å². The summed E-state index contributed by atoms with van der Waals surface area (Å²) in [5.41, 5.74) is 3.97. The van der Waals surface area contributed by atoms with Crippen LogP contribution in [0.5, 0.6) is 0 Å². The summed E-state index contributed by atoms with van der Waals surface area (Å²) in [6.45, 7) is 1.11. The Morgan fingerprint density at radius 2 is 1.91 bits per heavy atom. The summed E-state index contributed by atoms with van der Waals surface area (Å²) in [4.78, 5) is 29.9. The molecule has 0 saturated heterocycles. The maximum atomic E-state index is 13.2. The minimum atomic E-state index is -0.400. The highest BCUT2D eigenvalue weighted by molar-refractivity contribution is 6.09. The molecule has 0 aliphatic carbocycles. The van der Waals surface area contributed by atoms with E-state index in [2.05, 4.69) is 5.32 Å². The monoisotopic (exact) mass is 425 g/mol. The number of hydrogen-bond acceptors (Lipinski definition) is 4. The van der Waals surface area contributed by atoms with Gasteiger partial charge in [0, 0.05) is 29.6 Å². The van der Waals surface area contributed by atoms with Crippen LogP contribution in [0.4, 0.5) is 4.39 Å². The van der Waals surface area contributed by atoms with Crippen molar-refractivity contribution in [1.29, 1.82) is 0 Å². The molecule has 5 aromatic rings. The van der Waals surface area contributed by atoms with Crippen molar-refractivity contribution in [2.75, 3.05) is 6.54 Å². The molecule has 6 rings (SSSR count). The van der Waals surface area contributed by atoms with Crippen molar-refractivity contribution in [3.05, 3.63) is 89.4 Å². The van der Waals surface area contributed by atoms with Gasteiger partial charge in [0.2, 0.25) is 5.78 Å². The summed E-state index contributed by atoms with van der Waals surface area (Å²) in [6, 6.07) is 18.2. The maximum Gasteiger partial charge on any atom is 0.253 e. The Morgan fingerprint density at radius 3 is 2.75 bits per heavy atom. The number of carbonyl (C=O) groups excluding carboxylic acids is 2. The third kappa shape index (κ3) is 2.82. The van der Waals surface area contributed by atoms with E-state index in [-0.39, 0.29) is 17.5 Å². The lowest BCUT2D eigenvalue weighted by atomic mass is 10.1. The number of imidazole rings is 1. The van der Waals surface area contributed by atoms with Crippen molar-refractivity contribution >= 4 is 33.7 Å². The number of rotatable bonds is 3. The van der Waals surface area contributed by atoms with Gasteiger partial charge in [0.25, 0.3) is 5.91 Å². The third-order valence-electron chi connectivity index (χ3n) is 5.74. The number of para-hydroxylation sites is 1. The summed E-state index contributed by atoms with van der Waals surface area (Å²) in [5, 5.41) is 3.68. The Labute approximate surface area is 181 Å². The quantitative estimate of drug-likeness (QED) is 0.430. The van der Waals surface area contributed by atoms with Gasteiger partial charge in [-0.25, -0.2) is 9.37 Å². The first kappa shape index (κ1) is 18.5. The Kier molecular flexibility index (Phi) is 3.98. The third-order valence-corrected chi connectivity index (χ3v) is 5.74. The van der Waals surface area contributed by atoms with E-state index in [0.717, 1.165) is 27.8 Å². The van der Waals surface area contributed by atoms with Crippen molar-refractivity contribution in [3.63, 3.8) is 0 Å². The van der Waals surface area contributed by atoms with Crippen LogP contribution >= 0.6 is 0 Å². The number of ketones is 1. The summed E-state index contributed by atoms with van der Waals surface area (Å²) < 4.78 is 21.0. The fraction of sp³-hybridized carbons (Fsp3) is 0.0800. The zero-order valence-electron chi connectivity index (χ0n) is 16.8. The van der Waals surface area contributed by atoms with E-state index in [1.54, 1.807) is 18.2 Å². The van der Waals surface area contributed by atoms with Crippen molar-refractivity contribution in [3.8, 4) is 11.4 Å². The molecule has 156 valence electrons. The Balaban J connectivity index is 1.45. The Morgan fingerprint density at radius 1 is 1.06 bits per heavy atom. The van der Waals surface area contributed by atoms with E-state index in [4.69, 9.17) is 9.40 Å². The van der Waals surface area contributed by atoms with E-state index >= 15 is 0 Å². The Bertz CT molecular complexity index is 1550. The minimum absolute atomic E-state index is 0.102. The molecule has 0 radical (unpaired) electrons. The highest BCUT2D eigenvalue weighted by atomic mass is 19.1. The van der Waals surface area contributed by atoms with Crippen LogP contribution in [0.3, 0.4) is 0 Å². The number of nitrogens with one attached hydrogen (secondary N) is 1. The second-order valence-corrected chi connectivity index (χ2v) is 7.72. The van der Waals surface area contributed by atoms with E-state index in [1.807, 2.05) is 28.8 Å². The zero-order chi connectivity index (χ0) is 21.8. The van der Waals surface area contributed by atoms with Crippen LogP contribution in [0.25, 0.3) is 33.4 Å². The average molecular weight is 425 g/mol. The molecule has 2 aromatic heterocycles. The number of furan rings is 1. The number of nitrogens with zero attached hydrogens (tertiary/aromatic N) is 2. The molecule has 0 saturated carbocycles. The molecular weight excluding hydrogens is 409 g/mol. The molecular formula is C25H16FN3O3. The summed E-state index contributed by atoms with van der Waals surface area (Å²) in [5.74, 6) is 0.124. The first-order valence-corrected chi connectivity index (χ1v) is 10.2. The lowest BCUT2D eigenvalue weighted by molar-refractivity contribution is 0.0955. The molecule has 0 fully saturated rings. The SMILES string of the molecule is O=C(c1ccc(F)cc1)c1cc2cc(-c3nc4cccc5c4n3CCNC5=O)ccc2o1. The molecule has 32 heavy (non-hydrogen) atoms. The minimum Gasteiger partial charge on any atom is -0.453 e. The molecule has 3 heterocycles. The average Bonchev–Trinajstić information content (AvgIpc) is 3.35. The molecule has 3 aromatic carbocycles. The molecule has 1 aliphatic rings. The van der Waals surface area contributed by atoms with Gasteiger partial charge >= 0.3 is 0 Å². The first-order chi connectivity index (χ1) is 15.6. The van der Waals surface area contributed by atoms with E-state index < -0.39 is 5.82 Å². The van der Waals surface area contributed by atoms with Crippen molar-refractivity contribution in [2.45, 2.75) is 6.54 Å². The van der Waals surface area contributed by atoms with E-state index in [0.29, 0.717) is 29.8 Å². The van der Waals surface area contributed by atoms with Crippen LogP contribution in [-0.2, 0) is 6.54 Å². The molecule has 7 heteroatoms. The van der Waals surface area contributed by atoms with E-state index in [9.17, 15) is 14.0 Å². The van der Waals surface area contributed by atoms with Crippen LogP contribution in [0.1, 0.15) is 26.5 Å².